The van der Waals surface area contributed by atoms with Gasteiger partial charge >= 0.3 is 0 Å². The maximum Gasteiger partial charge on any atom is 0.252 e. The second kappa shape index (κ2) is 7.05. The van der Waals surface area contributed by atoms with Crippen LogP contribution < -0.4 is 0 Å². The number of hydrogen-bond acceptors (Lipinski definition) is 2. The van der Waals surface area contributed by atoms with Crippen molar-refractivity contribution in [3.63, 3.8) is 0 Å². The predicted molar refractivity (Wildman–Crippen MR) is 72.3 cm³/mol. The molecule has 0 radical (unpaired) electrons. The summed E-state index contributed by atoms with van der Waals surface area (Å²) in [6, 6.07) is 7.30. The Morgan fingerprint density at radius 1 is 1.18 bits per heavy atom. The molecule has 90 valence electrons. The fourth-order valence-corrected chi connectivity index (χ4v) is 1.69. The van der Waals surface area contributed by atoms with Crippen LogP contribution in [0, 0.1) is 0 Å². The average Bonchev–Trinajstić information content (AvgIpc) is 2.30. The monoisotopic (exact) mass is 249 g/mol. The first kappa shape index (κ1) is 13.7. The van der Waals surface area contributed by atoms with Crippen LogP contribution in [0.2, 0.25) is 0 Å². The van der Waals surface area contributed by atoms with Crippen molar-refractivity contribution in [1.29, 1.82) is 0 Å². The van der Waals surface area contributed by atoms with Crippen molar-refractivity contribution in [2.75, 3.05) is 13.1 Å². The van der Waals surface area contributed by atoms with E-state index in [-0.39, 0.29) is 0 Å². The van der Waals surface area contributed by atoms with Crippen LogP contribution in [0.15, 0.2) is 49.6 Å². The fraction of sp³-hybridized carbons (Fsp3) is 0.214. The van der Waals surface area contributed by atoms with Gasteiger partial charge in [-0.3, -0.25) is 9.69 Å². The van der Waals surface area contributed by atoms with Crippen LogP contribution in [0.4, 0.5) is 0 Å². The number of halogens is 1. The Bertz CT molecular complexity index is 387. The Morgan fingerprint density at radius 3 is 2.12 bits per heavy atom. The molecule has 0 heterocycles. The van der Waals surface area contributed by atoms with E-state index in [0.717, 1.165) is 25.2 Å². The van der Waals surface area contributed by atoms with Crippen LogP contribution in [0.1, 0.15) is 15.9 Å². The number of rotatable bonds is 7. The Hall–Kier alpha value is -1.38. The Morgan fingerprint density at radius 2 is 1.71 bits per heavy atom. The third-order valence-corrected chi connectivity index (χ3v) is 2.58. The second-order valence-corrected chi connectivity index (χ2v) is 4.09. The van der Waals surface area contributed by atoms with Crippen molar-refractivity contribution in [1.82, 2.24) is 4.90 Å². The van der Waals surface area contributed by atoms with E-state index in [9.17, 15) is 4.79 Å². The van der Waals surface area contributed by atoms with Crippen LogP contribution in [0.25, 0.3) is 0 Å². The number of carbonyl (C=O) groups is 1. The molecule has 1 aromatic carbocycles. The molecule has 17 heavy (non-hydrogen) atoms. The van der Waals surface area contributed by atoms with Crippen LogP contribution in [-0.2, 0) is 6.54 Å². The zero-order valence-electron chi connectivity index (χ0n) is 9.73. The first-order chi connectivity index (χ1) is 8.17. The van der Waals surface area contributed by atoms with Crippen LogP contribution >= 0.6 is 11.6 Å². The van der Waals surface area contributed by atoms with E-state index < -0.39 is 5.24 Å². The second-order valence-electron chi connectivity index (χ2n) is 3.74. The maximum atomic E-state index is 10.9. The molecule has 0 amide bonds. The van der Waals surface area contributed by atoms with Gasteiger partial charge in [0, 0.05) is 25.2 Å². The van der Waals surface area contributed by atoms with Gasteiger partial charge in [0.15, 0.2) is 0 Å². The summed E-state index contributed by atoms with van der Waals surface area (Å²) in [5.74, 6) is 0. The molecule has 2 nitrogen and oxygen atoms in total. The molecule has 0 bridgehead atoms. The quantitative estimate of drug-likeness (QED) is 0.546. The highest BCUT2D eigenvalue weighted by atomic mass is 35.5. The lowest BCUT2D eigenvalue weighted by Gasteiger charge is -2.18. The van der Waals surface area contributed by atoms with E-state index >= 15 is 0 Å². The molecule has 0 atom stereocenters. The van der Waals surface area contributed by atoms with Gasteiger partial charge in [0.1, 0.15) is 0 Å². The zero-order valence-corrected chi connectivity index (χ0v) is 10.5. The average molecular weight is 250 g/mol. The van der Waals surface area contributed by atoms with E-state index in [1.54, 1.807) is 12.1 Å². The van der Waals surface area contributed by atoms with E-state index in [4.69, 9.17) is 11.6 Å². The number of hydrogen-bond donors (Lipinski definition) is 0. The molecule has 0 unspecified atom stereocenters. The lowest BCUT2D eigenvalue weighted by molar-refractivity contribution is 0.108. The molecule has 0 N–H and O–H groups in total. The zero-order chi connectivity index (χ0) is 12.7. The maximum absolute atomic E-state index is 10.9. The minimum atomic E-state index is -0.425. The largest absolute Gasteiger partial charge is 0.292 e. The van der Waals surface area contributed by atoms with E-state index in [0.29, 0.717) is 5.56 Å². The summed E-state index contributed by atoms with van der Waals surface area (Å²) in [7, 11) is 0. The first-order valence-corrected chi connectivity index (χ1v) is 5.78. The van der Waals surface area contributed by atoms with Gasteiger partial charge in [-0.15, -0.1) is 13.2 Å². The standard InChI is InChI=1S/C14H16ClNO/c1-3-9-16(10-4-2)11-12-5-7-13(8-6-12)14(15)17/h3-8H,1-2,9-11H2. The Labute approximate surface area is 107 Å². The van der Waals surface area contributed by atoms with Crippen LogP contribution in [-0.4, -0.2) is 23.2 Å². The molecule has 1 rings (SSSR count). The minimum absolute atomic E-state index is 0.425. The summed E-state index contributed by atoms with van der Waals surface area (Å²) >= 11 is 5.38. The molecule has 0 spiro atoms. The van der Waals surface area contributed by atoms with Crippen molar-refractivity contribution >= 4 is 16.8 Å². The Balaban J connectivity index is 2.68. The highest BCUT2D eigenvalue weighted by molar-refractivity contribution is 6.67. The lowest BCUT2D eigenvalue weighted by Crippen LogP contribution is -2.23. The number of carbonyl (C=O) groups excluding carboxylic acids is 1. The van der Waals surface area contributed by atoms with E-state index in [2.05, 4.69) is 18.1 Å². The third kappa shape index (κ3) is 4.55. The molecule has 0 aliphatic heterocycles. The van der Waals surface area contributed by atoms with Gasteiger partial charge in [-0.2, -0.15) is 0 Å². The molecule has 0 aliphatic rings. The molecule has 0 saturated heterocycles. The summed E-state index contributed by atoms with van der Waals surface area (Å²) in [5.41, 5.74) is 1.66. The topological polar surface area (TPSA) is 20.3 Å². The van der Waals surface area contributed by atoms with Crippen LogP contribution in [0.5, 0.6) is 0 Å². The minimum Gasteiger partial charge on any atom is -0.292 e. The van der Waals surface area contributed by atoms with Crippen molar-refractivity contribution in [2.45, 2.75) is 6.54 Å². The molecule has 0 aliphatic carbocycles. The summed E-state index contributed by atoms with van der Waals surface area (Å²) in [6.45, 7) is 9.86. The molecule has 1 aromatic rings. The smallest absolute Gasteiger partial charge is 0.252 e. The molecule has 3 heteroatoms. The molecule has 0 saturated carbocycles. The van der Waals surface area contributed by atoms with E-state index in [1.807, 2.05) is 24.3 Å². The van der Waals surface area contributed by atoms with Crippen molar-refractivity contribution in [3.05, 3.63) is 60.7 Å². The van der Waals surface area contributed by atoms with E-state index in [1.165, 1.54) is 0 Å². The molecular formula is C14H16ClNO. The number of benzene rings is 1. The van der Waals surface area contributed by atoms with Crippen molar-refractivity contribution in [3.8, 4) is 0 Å². The number of nitrogens with zero attached hydrogens (tertiary/aromatic N) is 1. The normalized spacial score (nSPS) is 10.2. The first-order valence-electron chi connectivity index (χ1n) is 5.40. The van der Waals surface area contributed by atoms with Gasteiger partial charge in [-0.05, 0) is 29.3 Å². The summed E-state index contributed by atoms with van der Waals surface area (Å²) in [5, 5.41) is -0.425. The lowest BCUT2D eigenvalue weighted by atomic mass is 10.1. The molecule has 0 fully saturated rings. The van der Waals surface area contributed by atoms with Gasteiger partial charge in [0.25, 0.3) is 5.24 Å². The van der Waals surface area contributed by atoms with Crippen molar-refractivity contribution in [2.24, 2.45) is 0 Å². The predicted octanol–water partition coefficient (Wildman–Crippen LogP) is 3.24. The molecule has 0 aromatic heterocycles. The van der Waals surface area contributed by atoms with Gasteiger partial charge in [0.2, 0.25) is 0 Å². The van der Waals surface area contributed by atoms with Gasteiger partial charge in [-0.25, -0.2) is 0 Å². The van der Waals surface area contributed by atoms with Gasteiger partial charge in [0.05, 0.1) is 0 Å². The fourth-order valence-electron chi connectivity index (χ4n) is 1.57. The summed E-state index contributed by atoms with van der Waals surface area (Å²) in [6.07, 6.45) is 3.72. The van der Waals surface area contributed by atoms with Crippen LogP contribution in [0.3, 0.4) is 0 Å². The van der Waals surface area contributed by atoms with Gasteiger partial charge < -0.3 is 0 Å². The SMILES string of the molecule is C=CCN(CC=C)Cc1ccc(C(=O)Cl)cc1. The summed E-state index contributed by atoms with van der Waals surface area (Å²) in [4.78, 5) is 13.1. The Kier molecular flexibility index (Phi) is 5.67. The molecular weight excluding hydrogens is 234 g/mol. The highest BCUT2D eigenvalue weighted by Gasteiger charge is 2.04. The van der Waals surface area contributed by atoms with Gasteiger partial charge in [-0.1, -0.05) is 24.3 Å². The van der Waals surface area contributed by atoms with Crippen molar-refractivity contribution < 1.29 is 4.79 Å². The summed E-state index contributed by atoms with van der Waals surface area (Å²) < 4.78 is 0. The third-order valence-electron chi connectivity index (χ3n) is 2.36. The highest BCUT2D eigenvalue weighted by Crippen LogP contribution is 2.09.